The lowest BCUT2D eigenvalue weighted by Crippen LogP contribution is -2.20. The van der Waals surface area contributed by atoms with Crippen LogP contribution in [-0.2, 0) is 0 Å². The average molecular weight is 239 g/mol. The maximum Gasteiger partial charge on any atom is 0.276 e. The Hall–Kier alpha value is -1.89. The van der Waals surface area contributed by atoms with Gasteiger partial charge in [-0.1, -0.05) is 6.92 Å². The quantitative estimate of drug-likeness (QED) is 0.580. The van der Waals surface area contributed by atoms with Crippen LogP contribution in [0.2, 0.25) is 0 Å². The lowest BCUT2D eigenvalue weighted by atomic mass is 10.3. The first-order valence-electron chi connectivity index (χ1n) is 5.37. The van der Waals surface area contributed by atoms with Crippen molar-refractivity contribution in [1.82, 2.24) is 9.99 Å². The predicted octanol–water partition coefficient (Wildman–Crippen LogP) is 1.70. The number of anilines is 2. The Balaban J connectivity index is 2.96. The summed E-state index contributed by atoms with van der Waals surface area (Å²) < 4.78 is 0. The van der Waals surface area contributed by atoms with Crippen LogP contribution in [-0.4, -0.2) is 35.6 Å². The fourth-order valence-corrected chi connectivity index (χ4v) is 1.25. The highest BCUT2D eigenvalue weighted by molar-refractivity contribution is 5.54. The van der Waals surface area contributed by atoms with Gasteiger partial charge in [0.2, 0.25) is 0 Å². The topological polar surface area (TPSA) is 83.3 Å². The molecule has 1 aromatic heterocycles. The highest BCUT2D eigenvalue weighted by Gasteiger charge is 2.11. The van der Waals surface area contributed by atoms with Crippen molar-refractivity contribution in [2.45, 2.75) is 13.3 Å². The van der Waals surface area contributed by atoms with E-state index in [1.54, 1.807) is 19.1 Å². The van der Waals surface area contributed by atoms with Gasteiger partial charge in [-0.15, -0.1) is 0 Å². The smallest absolute Gasteiger partial charge is 0.276 e. The van der Waals surface area contributed by atoms with Crippen molar-refractivity contribution < 1.29 is 4.92 Å². The summed E-state index contributed by atoms with van der Waals surface area (Å²) >= 11 is 0. The molecule has 2 N–H and O–H groups in total. The van der Waals surface area contributed by atoms with E-state index in [0.717, 1.165) is 13.0 Å². The molecule has 0 saturated heterocycles. The molecule has 94 valence electrons. The van der Waals surface area contributed by atoms with Gasteiger partial charge in [-0.2, -0.15) is 0 Å². The van der Waals surface area contributed by atoms with Crippen LogP contribution in [0.1, 0.15) is 13.3 Å². The minimum absolute atomic E-state index is 0.0166. The van der Waals surface area contributed by atoms with E-state index in [1.165, 1.54) is 12.1 Å². The second-order valence-corrected chi connectivity index (χ2v) is 3.79. The summed E-state index contributed by atoms with van der Waals surface area (Å²) in [5, 5.41) is 15.5. The largest absolute Gasteiger partial charge is 0.370 e. The SMILES string of the molecule is CCCNc1cc([N+](=O)[O-])cc(NN(C)C)n1. The normalized spacial score (nSPS) is 10.4. The van der Waals surface area contributed by atoms with Crippen molar-refractivity contribution in [3.05, 3.63) is 22.2 Å². The van der Waals surface area contributed by atoms with Gasteiger partial charge in [0.05, 0.1) is 17.1 Å². The van der Waals surface area contributed by atoms with Crippen LogP contribution in [0.15, 0.2) is 12.1 Å². The second kappa shape index (κ2) is 6.00. The summed E-state index contributed by atoms with van der Waals surface area (Å²) in [6, 6.07) is 2.83. The molecule has 0 fully saturated rings. The average Bonchev–Trinajstić information content (AvgIpc) is 2.25. The molecule has 0 unspecified atom stereocenters. The van der Waals surface area contributed by atoms with Gasteiger partial charge in [0, 0.05) is 20.6 Å². The molecule has 0 spiro atoms. The van der Waals surface area contributed by atoms with Crippen molar-refractivity contribution >= 4 is 17.3 Å². The number of hydrogen-bond donors (Lipinski definition) is 2. The molecule has 1 rings (SSSR count). The van der Waals surface area contributed by atoms with E-state index in [-0.39, 0.29) is 5.69 Å². The lowest BCUT2D eigenvalue weighted by Gasteiger charge is -2.13. The molecule has 7 heteroatoms. The molecule has 0 radical (unpaired) electrons. The zero-order valence-corrected chi connectivity index (χ0v) is 10.2. The Morgan fingerprint density at radius 3 is 2.59 bits per heavy atom. The molecule has 0 saturated carbocycles. The minimum Gasteiger partial charge on any atom is -0.370 e. The van der Waals surface area contributed by atoms with Gasteiger partial charge < -0.3 is 10.7 Å². The first-order valence-corrected chi connectivity index (χ1v) is 5.37. The number of nitrogens with zero attached hydrogens (tertiary/aromatic N) is 3. The summed E-state index contributed by atoms with van der Waals surface area (Å²) in [6.07, 6.45) is 0.931. The van der Waals surface area contributed by atoms with Gasteiger partial charge in [-0.25, -0.2) is 9.99 Å². The second-order valence-electron chi connectivity index (χ2n) is 3.79. The van der Waals surface area contributed by atoms with Gasteiger partial charge in [0.25, 0.3) is 5.69 Å². The Morgan fingerprint density at radius 2 is 2.06 bits per heavy atom. The van der Waals surface area contributed by atoms with Crippen molar-refractivity contribution in [2.75, 3.05) is 31.4 Å². The number of nitro groups is 1. The zero-order valence-electron chi connectivity index (χ0n) is 10.2. The summed E-state index contributed by atoms with van der Waals surface area (Å²) in [6.45, 7) is 2.75. The third kappa shape index (κ3) is 4.23. The van der Waals surface area contributed by atoms with Crippen LogP contribution < -0.4 is 10.7 Å². The van der Waals surface area contributed by atoms with Crippen LogP contribution in [0.4, 0.5) is 17.3 Å². The van der Waals surface area contributed by atoms with Crippen molar-refractivity contribution in [3.63, 3.8) is 0 Å². The van der Waals surface area contributed by atoms with Gasteiger partial charge in [0.15, 0.2) is 0 Å². The molecule has 17 heavy (non-hydrogen) atoms. The Bertz CT molecular complexity index is 394. The monoisotopic (exact) mass is 239 g/mol. The lowest BCUT2D eigenvalue weighted by molar-refractivity contribution is -0.384. The molecule has 0 atom stereocenters. The van der Waals surface area contributed by atoms with Crippen molar-refractivity contribution in [1.29, 1.82) is 0 Å². The van der Waals surface area contributed by atoms with E-state index < -0.39 is 4.92 Å². The number of hydrazine groups is 1. The number of rotatable bonds is 6. The molecular weight excluding hydrogens is 222 g/mol. The third-order valence-corrected chi connectivity index (χ3v) is 1.92. The van der Waals surface area contributed by atoms with Crippen molar-refractivity contribution in [3.8, 4) is 0 Å². The van der Waals surface area contributed by atoms with E-state index in [2.05, 4.69) is 15.7 Å². The highest BCUT2D eigenvalue weighted by atomic mass is 16.6. The standard InChI is InChI=1S/C10H17N5O2/c1-4-5-11-9-6-8(15(16)17)7-10(12-9)13-14(2)3/h6-7H,4-5H2,1-3H3,(H2,11,12,13). The van der Waals surface area contributed by atoms with Gasteiger partial charge in [-0.05, 0) is 6.42 Å². The Labute approximate surface area is 100.0 Å². The molecule has 1 heterocycles. The summed E-state index contributed by atoms with van der Waals surface area (Å²) in [4.78, 5) is 14.6. The molecule has 0 aliphatic rings. The van der Waals surface area contributed by atoms with Crippen LogP contribution >= 0.6 is 0 Å². The van der Waals surface area contributed by atoms with E-state index in [4.69, 9.17) is 0 Å². The summed E-state index contributed by atoms with van der Waals surface area (Å²) in [7, 11) is 3.58. The number of pyridine rings is 1. The Morgan fingerprint density at radius 1 is 1.41 bits per heavy atom. The third-order valence-electron chi connectivity index (χ3n) is 1.92. The molecule has 7 nitrogen and oxygen atoms in total. The predicted molar refractivity (Wildman–Crippen MR) is 67.0 cm³/mol. The Kier molecular flexibility index (Phi) is 4.65. The molecular formula is C10H17N5O2. The van der Waals surface area contributed by atoms with Crippen LogP contribution in [0, 0.1) is 10.1 Å². The van der Waals surface area contributed by atoms with E-state index >= 15 is 0 Å². The first-order chi connectivity index (χ1) is 8.02. The molecule has 0 bridgehead atoms. The van der Waals surface area contributed by atoms with Gasteiger partial charge >= 0.3 is 0 Å². The summed E-state index contributed by atoms with van der Waals surface area (Å²) in [5.41, 5.74) is 2.91. The number of aromatic nitrogens is 1. The fourth-order valence-electron chi connectivity index (χ4n) is 1.25. The zero-order chi connectivity index (χ0) is 12.8. The van der Waals surface area contributed by atoms with E-state index in [0.29, 0.717) is 11.6 Å². The fraction of sp³-hybridized carbons (Fsp3) is 0.500. The maximum absolute atomic E-state index is 10.8. The highest BCUT2D eigenvalue weighted by Crippen LogP contribution is 2.20. The van der Waals surface area contributed by atoms with Gasteiger partial charge in [-0.3, -0.25) is 10.1 Å². The minimum atomic E-state index is -0.431. The molecule has 0 amide bonds. The number of nitrogens with one attached hydrogen (secondary N) is 2. The van der Waals surface area contributed by atoms with Crippen molar-refractivity contribution in [2.24, 2.45) is 0 Å². The van der Waals surface area contributed by atoms with Crippen LogP contribution in [0.3, 0.4) is 0 Å². The summed E-state index contributed by atoms with van der Waals surface area (Å²) in [5.74, 6) is 0.952. The molecule has 0 aliphatic heterocycles. The van der Waals surface area contributed by atoms with E-state index in [1.807, 2.05) is 6.92 Å². The molecule has 0 aliphatic carbocycles. The maximum atomic E-state index is 10.8. The first kappa shape index (κ1) is 13.2. The van der Waals surface area contributed by atoms with Crippen LogP contribution in [0.5, 0.6) is 0 Å². The van der Waals surface area contributed by atoms with E-state index in [9.17, 15) is 10.1 Å². The van der Waals surface area contributed by atoms with Crippen LogP contribution in [0.25, 0.3) is 0 Å². The molecule has 0 aromatic carbocycles. The molecule has 1 aromatic rings. The van der Waals surface area contributed by atoms with Gasteiger partial charge in [0.1, 0.15) is 11.6 Å². The number of hydrogen-bond acceptors (Lipinski definition) is 6.